The number of carbonyl (C=O) groups is 1. The van der Waals surface area contributed by atoms with E-state index < -0.39 is 15.7 Å². The molecule has 0 heterocycles. The van der Waals surface area contributed by atoms with Crippen LogP contribution in [0.4, 0.5) is 11.4 Å². The molecule has 0 saturated carbocycles. The monoisotopic (exact) mass is 262 g/mol. The first-order valence-corrected chi connectivity index (χ1v) is 5.11. The van der Waals surface area contributed by atoms with Gasteiger partial charge in [0.25, 0.3) is 11.6 Å². The van der Waals surface area contributed by atoms with Crippen molar-refractivity contribution in [1.82, 2.24) is 0 Å². The molecule has 0 aliphatic carbocycles. The van der Waals surface area contributed by atoms with E-state index in [9.17, 15) is 14.9 Å². The second kappa shape index (κ2) is 5.14. The predicted octanol–water partition coefficient (Wildman–Crippen LogP) is 2.36. The van der Waals surface area contributed by atoms with Crippen LogP contribution in [0.1, 0.15) is 0 Å². The van der Waals surface area contributed by atoms with Crippen LogP contribution < -0.4 is 4.90 Å². The van der Waals surface area contributed by atoms with E-state index in [-0.39, 0.29) is 5.69 Å². The Balaban J connectivity index is 2.89. The van der Waals surface area contributed by atoms with Crippen LogP contribution in [0.5, 0.6) is 0 Å². The van der Waals surface area contributed by atoms with Gasteiger partial charge in [-0.25, -0.2) is 0 Å². The molecule has 1 amide bonds. The standard InChI is InChI=1S/C9H8Cl2N2O3/c1-12(9(14)8(10)11)6-2-4-7(5-3-6)13(15)16/h2-5,8H,1H3. The molecule has 0 spiro atoms. The zero-order valence-electron chi connectivity index (χ0n) is 8.26. The smallest absolute Gasteiger partial charge is 0.269 e. The summed E-state index contributed by atoms with van der Waals surface area (Å²) in [5, 5.41) is 10.4. The first kappa shape index (κ1) is 12.7. The third kappa shape index (κ3) is 2.84. The second-order valence-corrected chi connectivity index (χ2v) is 4.07. The van der Waals surface area contributed by atoms with Crippen molar-refractivity contribution in [1.29, 1.82) is 0 Å². The van der Waals surface area contributed by atoms with Crippen LogP contribution in [0.2, 0.25) is 0 Å². The highest BCUT2D eigenvalue weighted by molar-refractivity contribution is 6.54. The molecule has 0 fully saturated rings. The maximum absolute atomic E-state index is 11.4. The fourth-order valence-corrected chi connectivity index (χ4v) is 1.36. The molecule has 16 heavy (non-hydrogen) atoms. The largest absolute Gasteiger partial charge is 0.313 e. The number of alkyl halides is 2. The van der Waals surface area contributed by atoms with E-state index in [1.54, 1.807) is 0 Å². The van der Waals surface area contributed by atoms with Gasteiger partial charge in [-0.3, -0.25) is 14.9 Å². The van der Waals surface area contributed by atoms with E-state index in [1.165, 1.54) is 36.2 Å². The molecule has 0 bridgehead atoms. The van der Waals surface area contributed by atoms with Crippen molar-refractivity contribution in [3.63, 3.8) is 0 Å². The maximum Gasteiger partial charge on any atom is 0.269 e. The summed E-state index contributed by atoms with van der Waals surface area (Å²) in [5.74, 6) is -0.489. The number of carbonyl (C=O) groups excluding carboxylic acids is 1. The molecule has 0 radical (unpaired) electrons. The van der Waals surface area contributed by atoms with Crippen molar-refractivity contribution in [2.75, 3.05) is 11.9 Å². The molecule has 0 saturated heterocycles. The van der Waals surface area contributed by atoms with Gasteiger partial charge >= 0.3 is 0 Å². The molecular formula is C9H8Cl2N2O3. The van der Waals surface area contributed by atoms with Gasteiger partial charge in [0.15, 0.2) is 4.84 Å². The summed E-state index contributed by atoms with van der Waals surface area (Å²) < 4.78 is 0. The molecule has 0 aromatic heterocycles. The van der Waals surface area contributed by atoms with Crippen molar-refractivity contribution >= 4 is 40.5 Å². The molecule has 86 valence electrons. The van der Waals surface area contributed by atoms with Gasteiger partial charge in [0.1, 0.15) is 0 Å². The van der Waals surface area contributed by atoms with Crippen molar-refractivity contribution in [3.8, 4) is 0 Å². The third-order valence-electron chi connectivity index (χ3n) is 1.97. The minimum atomic E-state index is -1.15. The molecule has 5 nitrogen and oxygen atoms in total. The number of halogens is 2. The number of nitrogens with zero attached hydrogens (tertiary/aromatic N) is 2. The van der Waals surface area contributed by atoms with Crippen LogP contribution in [0.15, 0.2) is 24.3 Å². The molecule has 1 rings (SSSR count). The minimum Gasteiger partial charge on any atom is -0.313 e. The first-order valence-electron chi connectivity index (χ1n) is 4.23. The van der Waals surface area contributed by atoms with Crippen molar-refractivity contribution in [3.05, 3.63) is 34.4 Å². The van der Waals surface area contributed by atoms with Gasteiger partial charge in [0.2, 0.25) is 0 Å². The minimum absolute atomic E-state index is 0.0436. The lowest BCUT2D eigenvalue weighted by molar-refractivity contribution is -0.384. The lowest BCUT2D eigenvalue weighted by Crippen LogP contribution is -2.30. The number of nitro benzene ring substituents is 1. The summed E-state index contributed by atoms with van der Waals surface area (Å²) in [6, 6.07) is 5.51. The Kier molecular flexibility index (Phi) is 4.09. The molecule has 0 N–H and O–H groups in total. The van der Waals surface area contributed by atoms with E-state index in [0.717, 1.165) is 0 Å². The summed E-state index contributed by atoms with van der Waals surface area (Å²) >= 11 is 10.8. The van der Waals surface area contributed by atoms with Gasteiger partial charge in [-0.1, -0.05) is 23.2 Å². The summed E-state index contributed by atoms with van der Waals surface area (Å²) in [4.78, 5) is 21.4. The van der Waals surface area contributed by atoms with Gasteiger partial charge in [-0.15, -0.1) is 0 Å². The number of nitro groups is 1. The number of hydrogen-bond acceptors (Lipinski definition) is 3. The third-order valence-corrected chi connectivity index (χ3v) is 2.34. The molecule has 0 unspecified atom stereocenters. The summed E-state index contributed by atoms with van der Waals surface area (Å²) in [5.41, 5.74) is 0.444. The van der Waals surface area contributed by atoms with Crippen LogP contribution in [0.3, 0.4) is 0 Å². The zero-order chi connectivity index (χ0) is 12.3. The molecule has 1 aromatic rings. The number of anilines is 1. The highest BCUT2D eigenvalue weighted by Gasteiger charge is 2.18. The van der Waals surface area contributed by atoms with Crippen molar-refractivity contribution in [2.45, 2.75) is 4.84 Å². The molecular weight excluding hydrogens is 255 g/mol. The SMILES string of the molecule is CN(C(=O)C(Cl)Cl)c1ccc([N+](=O)[O-])cc1. The highest BCUT2D eigenvalue weighted by Crippen LogP contribution is 2.20. The molecule has 0 aliphatic rings. The van der Waals surface area contributed by atoms with Gasteiger partial charge in [-0.05, 0) is 12.1 Å². The van der Waals surface area contributed by atoms with Crippen LogP contribution in [-0.2, 0) is 4.79 Å². The fourth-order valence-electron chi connectivity index (χ4n) is 1.07. The van der Waals surface area contributed by atoms with Crippen molar-refractivity contribution in [2.24, 2.45) is 0 Å². The number of benzene rings is 1. The maximum atomic E-state index is 11.4. The Labute approximate surface area is 102 Å². The van der Waals surface area contributed by atoms with E-state index >= 15 is 0 Å². The topological polar surface area (TPSA) is 63.5 Å². The number of rotatable bonds is 3. The van der Waals surface area contributed by atoms with Gasteiger partial charge in [-0.2, -0.15) is 0 Å². The normalized spacial score (nSPS) is 10.2. The second-order valence-electron chi connectivity index (χ2n) is 2.97. The Morgan fingerprint density at radius 3 is 2.25 bits per heavy atom. The first-order chi connectivity index (χ1) is 7.43. The Bertz CT molecular complexity index is 406. The van der Waals surface area contributed by atoms with Gasteiger partial charge in [0, 0.05) is 24.9 Å². The van der Waals surface area contributed by atoms with E-state index in [2.05, 4.69) is 0 Å². The van der Waals surface area contributed by atoms with Crippen LogP contribution in [0.25, 0.3) is 0 Å². The number of hydrogen-bond donors (Lipinski definition) is 0. The lowest BCUT2D eigenvalue weighted by atomic mass is 10.2. The van der Waals surface area contributed by atoms with Gasteiger partial charge in [0.05, 0.1) is 4.92 Å². The Morgan fingerprint density at radius 2 is 1.88 bits per heavy atom. The van der Waals surface area contributed by atoms with E-state index in [1.807, 2.05) is 0 Å². The van der Waals surface area contributed by atoms with E-state index in [0.29, 0.717) is 5.69 Å². The number of amides is 1. The predicted molar refractivity (Wildman–Crippen MR) is 62.0 cm³/mol. The number of non-ortho nitro benzene ring substituents is 1. The van der Waals surface area contributed by atoms with Crippen LogP contribution in [0, 0.1) is 10.1 Å². The highest BCUT2D eigenvalue weighted by atomic mass is 35.5. The average Bonchev–Trinajstić information content (AvgIpc) is 2.27. The van der Waals surface area contributed by atoms with Gasteiger partial charge < -0.3 is 4.90 Å². The molecule has 7 heteroatoms. The summed E-state index contributed by atoms with van der Waals surface area (Å²) in [7, 11) is 1.49. The molecule has 0 aliphatic heterocycles. The lowest BCUT2D eigenvalue weighted by Gasteiger charge is -2.17. The summed E-state index contributed by atoms with van der Waals surface area (Å²) in [6.45, 7) is 0. The fraction of sp³-hybridized carbons (Fsp3) is 0.222. The zero-order valence-corrected chi connectivity index (χ0v) is 9.77. The molecule has 0 atom stereocenters. The average molecular weight is 263 g/mol. The van der Waals surface area contributed by atoms with E-state index in [4.69, 9.17) is 23.2 Å². The Hall–Kier alpha value is -1.33. The van der Waals surface area contributed by atoms with Crippen LogP contribution >= 0.6 is 23.2 Å². The quantitative estimate of drug-likeness (QED) is 0.477. The molecule has 1 aromatic carbocycles. The van der Waals surface area contributed by atoms with Crippen LogP contribution in [-0.4, -0.2) is 22.7 Å². The Morgan fingerprint density at radius 1 is 1.38 bits per heavy atom. The van der Waals surface area contributed by atoms with Crippen molar-refractivity contribution < 1.29 is 9.72 Å². The summed E-state index contributed by atoms with van der Waals surface area (Å²) in [6.07, 6.45) is 0.